The Kier molecular flexibility index (Phi) is 3.46. The van der Waals surface area contributed by atoms with E-state index in [1.165, 1.54) is 12.4 Å². The average Bonchev–Trinajstić information content (AvgIpc) is 2.05. The van der Waals surface area contributed by atoms with Gasteiger partial charge in [0.15, 0.2) is 5.82 Å². The summed E-state index contributed by atoms with van der Waals surface area (Å²) in [7, 11) is -3.06. The first-order valence-corrected chi connectivity index (χ1v) is 6.42. The first kappa shape index (κ1) is 11.7. The maximum Gasteiger partial charge on any atom is 0.290 e. The summed E-state index contributed by atoms with van der Waals surface area (Å²) in [6, 6.07) is -0.351. The Morgan fingerprint density at radius 1 is 1.60 bits per heavy atom. The van der Waals surface area contributed by atoms with E-state index in [2.05, 4.69) is 15.3 Å². The molecule has 1 unspecified atom stereocenters. The smallest absolute Gasteiger partial charge is 0.290 e. The van der Waals surface area contributed by atoms with Gasteiger partial charge in [0, 0.05) is 24.7 Å². The summed E-state index contributed by atoms with van der Waals surface area (Å²) in [5.41, 5.74) is -0.363. The van der Waals surface area contributed by atoms with Gasteiger partial charge in [-0.1, -0.05) is 0 Å². The third-order valence-corrected chi connectivity index (χ3v) is 2.75. The predicted octanol–water partition coefficient (Wildman–Crippen LogP) is -0.385. The van der Waals surface area contributed by atoms with E-state index < -0.39 is 9.84 Å². The van der Waals surface area contributed by atoms with Crippen molar-refractivity contribution in [2.45, 2.75) is 13.0 Å². The van der Waals surface area contributed by atoms with E-state index in [9.17, 15) is 13.2 Å². The van der Waals surface area contributed by atoms with Crippen LogP contribution in [0.5, 0.6) is 0 Å². The van der Waals surface area contributed by atoms with Crippen molar-refractivity contribution < 1.29 is 8.42 Å². The van der Waals surface area contributed by atoms with E-state index in [1.807, 2.05) is 0 Å². The Morgan fingerprint density at radius 2 is 2.27 bits per heavy atom. The topological polar surface area (TPSA) is 91.9 Å². The van der Waals surface area contributed by atoms with Gasteiger partial charge in [-0.25, -0.2) is 13.4 Å². The zero-order chi connectivity index (χ0) is 11.5. The van der Waals surface area contributed by atoms with Crippen LogP contribution in [0.15, 0.2) is 17.2 Å². The van der Waals surface area contributed by atoms with Gasteiger partial charge < -0.3 is 10.3 Å². The largest absolute Gasteiger partial charge is 0.362 e. The molecule has 0 aliphatic heterocycles. The number of hydrogen-bond donors (Lipinski definition) is 2. The molecule has 15 heavy (non-hydrogen) atoms. The second-order valence-electron chi connectivity index (χ2n) is 3.40. The van der Waals surface area contributed by atoms with Crippen molar-refractivity contribution in [3.8, 4) is 0 Å². The number of anilines is 1. The monoisotopic (exact) mass is 231 g/mol. The minimum absolute atomic E-state index is 0.0387. The summed E-state index contributed by atoms with van der Waals surface area (Å²) in [4.78, 5) is 17.4. The Labute approximate surface area is 87.7 Å². The van der Waals surface area contributed by atoms with Gasteiger partial charge in [-0.05, 0) is 6.92 Å². The number of sulfone groups is 1. The van der Waals surface area contributed by atoms with E-state index in [1.54, 1.807) is 6.92 Å². The van der Waals surface area contributed by atoms with Crippen LogP contribution >= 0.6 is 0 Å². The molecule has 0 aromatic carbocycles. The molecule has 0 saturated heterocycles. The molecule has 0 bridgehead atoms. The number of H-pyrrole nitrogens is 1. The van der Waals surface area contributed by atoms with Crippen molar-refractivity contribution in [1.82, 2.24) is 9.97 Å². The first-order chi connectivity index (χ1) is 6.88. The van der Waals surface area contributed by atoms with Gasteiger partial charge in [0.05, 0.1) is 5.75 Å². The molecule has 2 N–H and O–H groups in total. The second-order valence-corrected chi connectivity index (χ2v) is 5.59. The Morgan fingerprint density at radius 3 is 2.80 bits per heavy atom. The van der Waals surface area contributed by atoms with Crippen LogP contribution in [0.25, 0.3) is 0 Å². The van der Waals surface area contributed by atoms with Crippen molar-refractivity contribution in [1.29, 1.82) is 0 Å². The van der Waals surface area contributed by atoms with Gasteiger partial charge in [-0.2, -0.15) is 0 Å². The molecule has 0 saturated carbocycles. The highest BCUT2D eigenvalue weighted by Gasteiger charge is 2.11. The van der Waals surface area contributed by atoms with Crippen molar-refractivity contribution in [3.05, 3.63) is 22.7 Å². The zero-order valence-electron chi connectivity index (χ0n) is 8.52. The highest BCUT2D eigenvalue weighted by molar-refractivity contribution is 7.90. The molecule has 84 valence electrons. The fourth-order valence-electron chi connectivity index (χ4n) is 1.18. The van der Waals surface area contributed by atoms with Crippen molar-refractivity contribution in [2.24, 2.45) is 0 Å². The standard InChI is InChI=1S/C8H13N3O3S/c1-6(5-15(2,13)14)11-7-8(12)10-4-3-9-7/h3-4,6H,5H2,1-2H3,(H,9,11)(H,10,12). The number of aromatic amines is 1. The second kappa shape index (κ2) is 4.43. The Bertz CT molecular complexity index is 480. The van der Waals surface area contributed by atoms with E-state index in [0.29, 0.717) is 0 Å². The summed E-state index contributed by atoms with van der Waals surface area (Å²) < 4.78 is 21.9. The lowest BCUT2D eigenvalue weighted by atomic mass is 10.4. The van der Waals surface area contributed by atoms with Gasteiger partial charge in [-0.3, -0.25) is 4.79 Å². The van der Waals surface area contributed by atoms with Gasteiger partial charge in [0.1, 0.15) is 9.84 Å². The van der Waals surface area contributed by atoms with Gasteiger partial charge >= 0.3 is 0 Å². The molecule has 1 aromatic rings. The molecule has 0 radical (unpaired) electrons. The summed E-state index contributed by atoms with van der Waals surface area (Å²) in [5.74, 6) is 0.0943. The number of aromatic nitrogens is 2. The molecule has 1 heterocycles. The van der Waals surface area contributed by atoms with Crippen LogP contribution < -0.4 is 10.9 Å². The molecule has 0 fully saturated rings. The third-order valence-electron chi connectivity index (χ3n) is 1.64. The lowest BCUT2D eigenvalue weighted by Gasteiger charge is -2.11. The van der Waals surface area contributed by atoms with Crippen LogP contribution in [0, 0.1) is 0 Å². The molecule has 1 rings (SSSR count). The van der Waals surface area contributed by atoms with Crippen LogP contribution in [-0.4, -0.2) is 36.4 Å². The number of nitrogens with zero attached hydrogens (tertiary/aromatic N) is 1. The lowest BCUT2D eigenvalue weighted by molar-refractivity contribution is 0.598. The molecule has 0 aliphatic rings. The molecule has 7 heteroatoms. The first-order valence-electron chi connectivity index (χ1n) is 4.36. The Balaban J connectivity index is 2.71. The average molecular weight is 231 g/mol. The molecular weight excluding hydrogens is 218 g/mol. The summed E-state index contributed by atoms with van der Waals surface area (Å²) in [6.45, 7) is 1.68. The van der Waals surface area contributed by atoms with Crippen molar-refractivity contribution in [3.63, 3.8) is 0 Å². The van der Waals surface area contributed by atoms with Gasteiger partial charge in [-0.15, -0.1) is 0 Å². The highest BCUT2D eigenvalue weighted by atomic mass is 32.2. The molecule has 0 amide bonds. The van der Waals surface area contributed by atoms with E-state index in [4.69, 9.17) is 0 Å². The summed E-state index contributed by atoms with van der Waals surface area (Å²) in [5, 5.41) is 2.73. The van der Waals surface area contributed by atoms with Crippen LogP contribution in [0.4, 0.5) is 5.82 Å². The van der Waals surface area contributed by atoms with Crippen LogP contribution in [0.2, 0.25) is 0 Å². The van der Waals surface area contributed by atoms with Gasteiger partial charge in [0.2, 0.25) is 0 Å². The maximum atomic E-state index is 11.2. The number of hydrogen-bond acceptors (Lipinski definition) is 5. The van der Waals surface area contributed by atoms with Crippen molar-refractivity contribution >= 4 is 15.7 Å². The molecule has 1 atom stereocenters. The SMILES string of the molecule is CC(CS(C)(=O)=O)Nc1ncc[nH]c1=O. The minimum Gasteiger partial charge on any atom is -0.362 e. The van der Waals surface area contributed by atoms with E-state index in [0.717, 1.165) is 6.26 Å². The summed E-state index contributed by atoms with van der Waals surface area (Å²) >= 11 is 0. The van der Waals surface area contributed by atoms with Gasteiger partial charge in [0.25, 0.3) is 5.56 Å². The quantitative estimate of drug-likeness (QED) is 0.736. The summed E-state index contributed by atoms with van der Waals surface area (Å²) in [6.07, 6.45) is 3.99. The predicted molar refractivity (Wildman–Crippen MR) is 57.7 cm³/mol. The molecule has 0 spiro atoms. The molecule has 1 aromatic heterocycles. The normalized spacial score (nSPS) is 13.5. The van der Waals surface area contributed by atoms with Crippen LogP contribution in [0.1, 0.15) is 6.92 Å². The fraction of sp³-hybridized carbons (Fsp3) is 0.500. The van der Waals surface area contributed by atoms with E-state index in [-0.39, 0.29) is 23.2 Å². The zero-order valence-corrected chi connectivity index (χ0v) is 9.34. The van der Waals surface area contributed by atoms with Crippen LogP contribution in [-0.2, 0) is 9.84 Å². The maximum absolute atomic E-state index is 11.2. The molecular formula is C8H13N3O3S. The van der Waals surface area contributed by atoms with Crippen LogP contribution in [0.3, 0.4) is 0 Å². The fourth-order valence-corrected chi connectivity index (χ4v) is 2.18. The molecule has 0 aliphatic carbocycles. The molecule has 6 nitrogen and oxygen atoms in total. The van der Waals surface area contributed by atoms with Crippen molar-refractivity contribution in [2.75, 3.05) is 17.3 Å². The lowest BCUT2D eigenvalue weighted by Crippen LogP contribution is -2.28. The van der Waals surface area contributed by atoms with E-state index >= 15 is 0 Å². The number of rotatable bonds is 4. The Hall–Kier alpha value is -1.37. The highest BCUT2D eigenvalue weighted by Crippen LogP contribution is 1.98. The number of nitrogens with one attached hydrogen (secondary N) is 2. The minimum atomic E-state index is -3.06. The third kappa shape index (κ3) is 4.11.